The Morgan fingerprint density at radius 1 is 1.23 bits per heavy atom. The lowest BCUT2D eigenvalue weighted by molar-refractivity contribution is -0.133. The van der Waals surface area contributed by atoms with E-state index >= 15 is 0 Å². The number of carbonyl (C=O) groups is 1. The monoisotopic (exact) mass is 497 g/mol. The molecule has 8 nitrogen and oxygen atoms in total. The van der Waals surface area contributed by atoms with Gasteiger partial charge in [0.2, 0.25) is 5.91 Å². The zero-order valence-corrected chi connectivity index (χ0v) is 21.1. The third-order valence-electron chi connectivity index (χ3n) is 6.66. The maximum atomic E-state index is 13.1. The summed E-state index contributed by atoms with van der Waals surface area (Å²) in [5.74, 6) is 0.529. The Labute approximate surface area is 207 Å². The molecule has 1 N–H and O–H groups in total. The Hall–Kier alpha value is -3.09. The van der Waals surface area contributed by atoms with Crippen molar-refractivity contribution in [1.82, 2.24) is 10.2 Å². The highest BCUT2D eigenvalue weighted by molar-refractivity contribution is 7.87. The van der Waals surface area contributed by atoms with Crippen molar-refractivity contribution in [2.45, 2.75) is 62.9 Å². The highest BCUT2D eigenvalue weighted by Gasteiger charge is 2.39. The van der Waals surface area contributed by atoms with Gasteiger partial charge in [-0.2, -0.15) is 13.7 Å². The van der Waals surface area contributed by atoms with Gasteiger partial charge in [-0.1, -0.05) is 17.7 Å². The molecule has 0 aromatic heterocycles. The third kappa shape index (κ3) is 5.29. The highest BCUT2D eigenvalue weighted by atomic mass is 32.2. The first-order chi connectivity index (χ1) is 16.7. The van der Waals surface area contributed by atoms with Crippen LogP contribution in [-0.2, 0) is 14.9 Å². The van der Waals surface area contributed by atoms with Gasteiger partial charge in [-0.15, -0.1) is 0 Å². The van der Waals surface area contributed by atoms with Crippen LogP contribution in [-0.4, -0.2) is 51.0 Å². The number of hydrogen-bond acceptors (Lipinski definition) is 7. The number of aryl methyl sites for hydroxylation is 2. The molecule has 2 fully saturated rings. The van der Waals surface area contributed by atoms with E-state index in [-0.39, 0.29) is 28.5 Å². The largest absolute Gasteiger partial charge is 0.494 e. The quantitative estimate of drug-likeness (QED) is 0.584. The summed E-state index contributed by atoms with van der Waals surface area (Å²) in [4.78, 5) is 14.8. The van der Waals surface area contributed by atoms with Crippen LogP contribution >= 0.6 is 0 Å². The van der Waals surface area contributed by atoms with Crippen molar-refractivity contribution >= 4 is 16.0 Å². The average molecular weight is 498 g/mol. The SMILES string of the molecule is CCOc1cc(C)c([C@@H]2CN[C@H](C(=O)N3CCC[C@H]3C#N)C2)c(OS(=O)(=O)c2ccc(C)cc2)c1. The number of rotatable bonds is 7. The Morgan fingerprint density at radius 2 is 1.97 bits per heavy atom. The van der Waals surface area contributed by atoms with E-state index in [1.54, 1.807) is 23.1 Å². The van der Waals surface area contributed by atoms with Crippen LogP contribution in [0.2, 0.25) is 0 Å². The molecular formula is C26H31N3O5S. The zero-order chi connectivity index (χ0) is 25.2. The third-order valence-corrected chi connectivity index (χ3v) is 7.91. The molecule has 0 radical (unpaired) electrons. The molecule has 35 heavy (non-hydrogen) atoms. The van der Waals surface area contributed by atoms with Crippen molar-refractivity contribution in [1.29, 1.82) is 5.26 Å². The van der Waals surface area contributed by atoms with Gasteiger partial charge >= 0.3 is 10.1 Å². The topological polar surface area (TPSA) is 109 Å². The first kappa shape index (κ1) is 25.0. The number of benzene rings is 2. The Balaban J connectivity index is 1.63. The van der Waals surface area contributed by atoms with Crippen molar-refractivity contribution < 1.29 is 22.1 Å². The maximum absolute atomic E-state index is 13.1. The molecule has 2 saturated heterocycles. The second kappa shape index (κ2) is 10.3. The number of likely N-dealkylation sites (tertiary alicyclic amines) is 1. The van der Waals surface area contributed by atoms with Crippen LogP contribution in [0.1, 0.15) is 48.8 Å². The van der Waals surface area contributed by atoms with Crippen molar-refractivity contribution in [3.8, 4) is 17.6 Å². The van der Waals surface area contributed by atoms with Crippen LogP contribution in [0.4, 0.5) is 0 Å². The summed E-state index contributed by atoms with van der Waals surface area (Å²) in [6.45, 7) is 7.15. The fraction of sp³-hybridized carbons (Fsp3) is 0.462. The van der Waals surface area contributed by atoms with E-state index in [0.29, 0.717) is 38.3 Å². The minimum Gasteiger partial charge on any atom is -0.494 e. The van der Waals surface area contributed by atoms with E-state index in [1.807, 2.05) is 26.8 Å². The number of ether oxygens (including phenoxy) is 1. The molecule has 0 unspecified atom stereocenters. The molecule has 2 heterocycles. The summed E-state index contributed by atoms with van der Waals surface area (Å²) in [6, 6.07) is 11.4. The minimum atomic E-state index is -4.07. The minimum absolute atomic E-state index is 0.0719. The molecule has 186 valence electrons. The van der Waals surface area contributed by atoms with Gasteiger partial charge in [0.15, 0.2) is 0 Å². The van der Waals surface area contributed by atoms with E-state index < -0.39 is 16.2 Å². The van der Waals surface area contributed by atoms with Gasteiger partial charge < -0.3 is 19.1 Å². The second-order valence-electron chi connectivity index (χ2n) is 9.15. The predicted octanol–water partition coefficient (Wildman–Crippen LogP) is 3.43. The number of nitrogens with zero attached hydrogens (tertiary/aromatic N) is 2. The first-order valence-corrected chi connectivity index (χ1v) is 13.4. The molecular weight excluding hydrogens is 466 g/mol. The number of carbonyl (C=O) groups excluding carboxylic acids is 1. The van der Waals surface area contributed by atoms with Crippen molar-refractivity contribution in [3.05, 3.63) is 53.1 Å². The van der Waals surface area contributed by atoms with Crippen molar-refractivity contribution in [2.75, 3.05) is 19.7 Å². The lowest BCUT2D eigenvalue weighted by atomic mass is 9.91. The Morgan fingerprint density at radius 3 is 2.66 bits per heavy atom. The summed E-state index contributed by atoms with van der Waals surface area (Å²) in [7, 11) is -4.07. The van der Waals surface area contributed by atoms with E-state index in [2.05, 4.69) is 11.4 Å². The van der Waals surface area contributed by atoms with Crippen LogP contribution < -0.4 is 14.2 Å². The molecule has 0 bridgehead atoms. The van der Waals surface area contributed by atoms with E-state index in [1.165, 1.54) is 12.1 Å². The molecule has 0 spiro atoms. The molecule has 2 aromatic rings. The summed E-state index contributed by atoms with van der Waals surface area (Å²) < 4.78 is 37.6. The Kier molecular flexibility index (Phi) is 7.33. The van der Waals surface area contributed by atoms with Gasteiger partial charge in [0.25, 0.3) is 0 Å². The fourth-order valence-corrected chi connectivity index (χ4v) is 5.90. The number of nitrogens with one attached hydrogen (secondary N) is 1. The van der Waals surface area contributed by atoms with Gasteiger partial charge in [0.05, 0.1) is 18.7 Å². The average Bonchev–Trinajstić information content (AvgIpc) is 3.48. The zero-order valence-electron chi connectivity index (χ0n) is 20.3. The van der Waals surface area contributed by atoms with Gasteiger partial charge in [-0.25, -0.2) is 0 Å². The smallest absolute Gasteiger partial charge is 0.339 e. The van der Waals surface area contributed by atoms with Crippen LogP contribution in [0, 0.1) is 25.2 Å². The van der Waals surface area contributed by atoms with Crippen LogP contribution in [0.5, 0.6) is 11.5 Å². The van der Waals surface area contributed by atoms with Crippen LogP contribution in [0.15, 0.2) is 41.3 Å². The number of nitriles is 1. The molecule has 0 saturated carbocycles. The van der Waals surface area contributed by atoms with E-state index in [4.69, 9.17) is 8.92 Å². The maximum Gasteiger partial charge on any atom is 0.339 e. The van der Waals surface area contributed by atoms with Crippen LogP contribution in [0.3, 0.4) is 0 Å². The van der Waals surface area contributed by atoms with Gasteiger partial charge in [-0.05, 0) is 63.8 Å². The summed E-state index contributed by atoms with van der Waals surface area (Å²) >= 11 is 0. The summed E-state index contributed by atoms with van der Waals surface area (Å²) in [5.41, 5.74) is 2.52. The lowest BCUT2D eigenvalue weighted by Crippen LogP contribution is -2.45. The first-order valence-electron chi connectivity index (χ1n) is 12.0. The molecule has 2 aromatic carbocycles. The van der Waals surface area contributed by atoms with Gasteiger partial charge in [0.1, 0.15) is 22.4 Å². The molecule has 2 aliphatic rings. The molecule has 4 rings (SSSR count). The summed E-state index contributed by atoms with van der Waals surface area (Å²) in [5, 5.41) is 12.7. The molecule has 3 atom stereocenters. The molecule has 2 aliphatic heterocycles. The predicted molar refractivity (Wildman–Crippen MR) is 131 cm³/mol. The second-order valence-corrected chi connectivity index (χ2v) is 10.7. The fourth-order valence-electron chi connectivity index (χ4n) is 4.96. The van der Waals surface area contributed by atoms with Crippen LogP contribution in [0.25, 0.3) is 0 Å². The van der Waals surface area contributed by atoms with E-state index in [0.717, 1.165) is 23.1 Å². The lowest BCUT2D eigenvalue weighted by Gasteiger charge is -2.23. The summed E-state index contributed by atoms with van der Waals surface area (Å²) in [6.07, 6.45) is 2.02. The Bertz CT molecular complexity index is 1240. The molecule has 1 amide bonds. The number of hydrogen-bond donors (Lipinski definition) is 1. The van der Waals surface area contributed by atoms with Crippen molar-refractivity contribution in [2.24, 2.45) is 0 Å². The van der Waals surface area contributed by atoms with Crippen molar-refractivity contribution in [3.63, 3.8) is 0 Å². The molecule has 0 aliphatic carbocycles. The highest BCUT2D eigenvalue weighted by Crippen LogP contribution is 2.40. The standard InChI is InChI=1S/C26H31N3O5S/c1-4-33-21-12-18(3)25(24(14-21)34-35(31,32)22-9-7-17(2)8-10-22)19-13-23(28-16-19)26(30)29-11-5-6-20(29)15-27/h7-10,12,14,19-20,23,28H,4-6,11,13,16H2,1-3H3/t19-,20-,23-/m0/s1. The van der Waals surface area contributed by atoms with E-state index in [9.17, 15) is 18.5 Å². The number of amides is 1. The van der Waals surface area contributed by atoms with Gasteiger partial charge in [0, 0.05) is 30.6 Å². The molecule has 9 heteroatoms. The normalized spacial score (nSPS) is 22.1. The van der Waals surface area contributed by atoms with Gasteiger partial charge in [-0.3, -0.25) is 4.79 Å².